The summed E-state index contributed by atoms with van der Waals surface area (Å²) in [7, 11) is 3.25. The molecule has 1 N–H and O–H groups in total. The molecule has 6 nitrogen and oxygen atoms in total. The normalized spacial score (nSPS) is 19.7. The third-order valence-corrected chi connectivity index (χ3v) is 7.19. The number of hydrogen-bond donors (Lipinski definition) is 1. The summed E-state index contributed by atoms with van der Waals surface area (Å²) in [4.78, 5) is 26.9. The summed E-state index contributed by atoms with van der Waals surface area (Å²) in [5.74, 6) is 0.522. The molecule has 2 aliphatic rings. The van der Waals surface area contributed by atoms with Crippen LogP contribution in [0.1, 0.15) is 56.1 Å². The van der Waals surface area contributed by atoms with Crippen LogP contribution in [0.15, 0.2) is 69.5 Å². The van der Waals surface area contributed by atoms with E-state index in [1.54, 1.807) is 14.2 Å². The SMILES string of the molecule is CCCOC(=O)C1=C(C)NC2=C(C(=O)C[C@@H](c3ccccc3OC)C2)[C@@H]1c1ccc(OC)c(Br)c1. The van der Waals surface area contributed by atoms with Gasteiger partial charge in [-0.3, -0.25) is 4.79 Å². The summed E-state index contributed by atoms with van der Waals surface area (Å²) in [6.07, 6.45) is 1.70. The van der Waals surface area contributed by atoms with Gasteiger partial charge >= 0.3 is 5.97 Å². The molecule has 1 aliphatic carbocycles. The van der Waals surface area contributed by atoms with Crippen LogP contribution in [0.4, 0.5) is 0 Å². The highest BCUT2D eigenvalue weighted by atomic mass is 79.9. The predicted octanol–water partition coefficient (Wildman–Crippen LogP) is 5.78. The molecule has 0 bridgehead atoms. The summed E-state index contributed by atoms with van der Waals surface area (Å²) in [5, 5.41) is 3.39. The average molecular weight is 540 g/mol. The Morgan fingerprint density at radius 3 is 2.51 bits per heavy atom. The smallest absolute Gasteiger partial charge is 0.336 e. The molecule has 0 fully saturated rings. The predicted molar refractivity (Wildman–Crippen MR) is 138 cm³/mol. The Hall–Kier alpha value is -3.06. The van der Waals surface area contributed by atoms with E-state index in [1.807, 2.05) is 56.3 Å². The zero-order valence-electron chi connectivity index (χ0n) is 20.4. The molecule has 35 heavy (non-hydrogen) atoms. The van der Waals surface area contributed by atoms with E-state index in [9.17, 15) is 9.59 Å². The average Bonchev–Trinajstić information content (AvgIpc) is 2.86. The van der Waals surface area contributed by atoms with Crippen LogP contribution in [-0.4, -0.2) is 32.6 Å². The fourth-order valence-electron chi connectivity index (χ4n) is 5.00. The van der Waals surface area contributed by atoms with Crippen LogP contribution in [0.25, 0.3) is 0 Å². The van der Waals surface area contributed by atoms with Crippen LogP contribution in [-0.2, 0) is 14.3 Å². The van der Waals surface area contributed by atoms with Crippen LogP contribution in [0.2, 0.25) is 0 Å². The van der Waals surface area contributed by atoms with E-state index in [0.29, 0.717) is 42.0 Å². The molecule has 1 heterocycles. The second-order valence-corrected chi connectivity index (χ2v) is 9.64. The fraction of sp³-hybridized carbons (Fsp3) is 0.357. The Balaban J connectivity index is 1.81. The maximum atomic E-state index is 13.7. The largest absolute Gasteiger partial charge is 0.496 e. The van der Waals surface area contributed by atoms with E-state index in [2.05, 4.69) is 21.2 Å². The molecule has 184 valence electrons. The number of ketones is 1. The van der Waals surface area contributed by atoms with Crippen LogP contribution >= 0.6 is 15.9 Å². The summed E-state index contributed by atoms with van der Waals surface area (Å²) in [5.41, 5.74) is 4.49. The number of esters is 1. The Kier molecular flexibility index (Phi) is 7.65. The Morgan fingerprint density at radius 1 is 1.09 bits per heavy atom. The van der Waals surface area contributed by atoms with E-state index < -0.39 is 11.9 Å². The first-order valence-corrected chi connectivity index (χ1v) is 12.6. The summed E-state index contributed by atoms with van der Waals surface area (Å²) in [6.45, 7) is 4.15. The van der Waals surface area contributed by atoms with E-state index >= 15 is 0 Å². The number of nitrogens with one attached hydrogen (secondary N) is 1. The zero-order chi connectivity index (χ0) is 25.1. The van der Waals surface area contributed by atoms with Crippen molar-refractivity contribution in [1.82, 2.24) is 5.32 Å². The van der Waals surface area contributed by atoms with Crippen LogP contribution in [0.5, 0.6) is 11.5 Å². The third kappa shape index (κ3) is 4.87. The molecule has 4 rings (SSSR count). The van der Waals surface area contributed by atoms with Gasteiger partial charge in [-0.2, -0.15) is 0 Å². The molecule has 0 unspecified atom stereocenters. The first-order chi connectivity index (χ1) is 16.9. The quantitative estimate of drug-likeness (QED) is 0.449. The van der Waals surface area contributed by atoms with Gasteiger partial charge in [0.15, 0.2) is 5.78 Å². The number of allylic oxidation sites excluding steroid dienone is 3. The van der Waals surface area contributed by atoms with Crippen molar-refractivity contribution in [2.45, 2.75) is 44.9 Å². The molecule has 0 aromatic heterocycles. The Morgan fingerprint density at radius 2 is 1.83 bits per heavy atom. The van der Waals surface area contributed by atoms with Gasteiger partial charge in [-0.1, -0.05) is 31.2 Å². The van der Waals surface area contributed by atoms with Crippen molar-refractivity contribution in [2.75, 3.05) is 20.8 Å². The zero-order valence-corrected chi connectivity index (χ0v) is 22.0. The van der Waals surface area contributed by atoms with Gasteiger partial charge in [0.25, 0.3) is 0 Å². The number of benzene rings is 2. The molecule has 2 aromatic carbocycles. The molecule has 0 radical (unpaired) electrons. The topological polar surface area (TPSA) is 73.9 Å². The van der Waals surface area contributed by atoms with Gasteiger partial charge in [-0.25, -0.2) is 4.79 Å². The van der Waals surface area contributed by atoms with Crippen molar-refractivity contribution in [2.24, 2.45) is 0 Å². The number of hydrogen-bond acceptors (Lipinski definition) is 6. The number of rotatable bonds is 7. The standard InChI is InChI=1S/C28H30BrNO5/c1-5-12-35-28(32)25-16(2)30-21-14-18(19-8-6-7-9-23(19)33-3)15-22(31)27(21)26(25)17-10-11-24(34-4)20(29)13-17/h6-11,13,18,26,30H,5,12,14-15H2,1-4H3/t18-,26+/m0/s1. The minimum absolute atomic E-state index is 0.0138. The molecule has 0 saturated carbocycles. The van der Waals surface area contributed by atoms with Crippen molar-refractivity contribution in [3.8, 4) is 11.5 Å². The van der Waals surface area contributed by atoms with E-state index in [4.69, 9.17) is 14.2 Å². The molecular formula is C28H30BrNO5. The number of para-hydroxylation sites is 1. The van der Waals surface area contributed by atoms with Crippen molar-refractivity contribution in [3.05, 3.63) is 80.6 Å². The molecule has 0 spiro atoms. The number of dihydropyridines is 1. The summed E-state index contributed by atoms with van der Waals surface area (Å²) in [6, 6.07) is 13.5. The number of Topliss-reactive ketones (excluding diaryl/α,β-unsaturated/α-hetero) is 1. The molecule has 0 amide bonds. The highest BCUT2D eigenvalue weighted by Crippen LogP contribution is 2.47. The second-order valence-electron chi connectivity index (χ2n) is 8.79. The maximum absolute atomic E-state index is 13.7. The minimum atomic E-state index is -0.524. The van der Waals surface area contributed by atoms with Gasteiger partial charge in [-0.15, -0.1) is 0 Å². The molecule has 0 saturated heterocycles. The molecule has 2 atom stereocenters. The number of carbonyl (C=O) groups is 2. The van der Waals surface area contributed by atoms with Crippen molar-refractivity contribution in [1.29, 1.82) is 0 Å². The fourth-order valence-corrected chi connectivity index (χ4v) is 5.56. The Labute approximate surface area is 214 Å². The van der Waals surface area contributed by atoms with E-state index in [0.717, 1.165) is 33.5 Å². The number of halogens is 1. The van der Waals surface area contributed by atoms with Crippen molar-refractivity contribution in [3.63, 3.8) is 0 Å². The number of carbonyl (C=O) groups excluding carboxylic acids is 2. The number of ether oxygens (including phenoxy) is 3. The van der Waals surface area contributed by atoms with Gasteiger partial charge < -0.3 is 19.5 Å². The first-order valence-electron chi connectivity index (χ1n) is 11.8. The van der Waals surface area contributed by atoms with Gasteiger partial charge in [-0.05, 0) is 65.0 Å². The van der Waals surface area contributed by atoms with Crippen LogP contribution in [0, 0.1) is 0 Å². The van der Waals surface area contributed by atoms with E-state index in [1.165, 1.54) is 0 Å². The van der Waals surface area contributed by atoms with Crippen LogP contribution in [0.3, 0.4) is 0 Å². The summed E-state index contributed by atoms with van der Waals surface area (Å²) >= 11 is 3.56. The third-order valence-electron chi connectivity index (χ3n) is 6.57. The Bertz CT molecular complexity index is 1220. The highest BCUT2D eigenvalue weighted by Gasteiger charge is 2.42. The highest BCUT2D eigenvalue weighted by molar-refractivity contribution is 9.10. The number of methoxy groups -OCH3 is 2. The van der Waals surface area contributed by atoms with E-state index in [-0.39, 0.29) is 11.7 Å². The lowest BCUT2D eigenvalue weighted by Gasteiger charge is -2.37. The lowest BCUT2D eigenvalue weighted by atomic mass is 9.71. The first kappa shape index (κ1) is 25.0. The molecular weight excluding hydrogens is 510 g/mol. The maximum Gasteiger partial charge on any atom is 0.336 e. The second kappa shape index (κ2) is 10.7. The van der Waals surface area contributed by atoms with Gasteiger partial charge in [0, 0.05) is 35.2 Å². The summed E-state index contributed by atoms with van der Waals surface area (Å²) < 4.78 is 17.3. The molecule has 2 aromatic rings. The van der Waals surface area contributed by atoms with Gasteiger partial charge in [0.05, 0.1) is 30.9 Å². The minimum Gasteiger partial charge on any atom is -0.496 e. The monoisotopic (exact) mass is 539 g/mol. The lowest BCUT2D eigenvalue weighted by Crippen LogP contribution is -2.36. The van der Waals surface area contributed by atoms with Crippen molar-refractivity contribution >= 4 is 27.7 Å². The molecule has 7 heteroatoms. The van der Waals surface area contributed by atoms with Gasteiger partial charge in [0.1, 0.15) is 11.5 Å². The van der Waals surface area contributed by atoms with Crippen molar-refractivity contribution < 1.29 is 23.8 Å². The lowest BCUT2D eigenvalue weighted by molar-refractivity contribution is -0.139. The van der Waals surface area contributed by atoms with Crippen LogP contribution < -0.4 is 14.8 Å². The molecule has 1 aliphatic heterocycles. The van der Waals surface area contributed by atoms with Gasteiger partial charge in [0.2, 0.25) is 0 Å².